The lowest BCUT2D eigenvalue weighted by atomic mass is 9.92. The third-order valence-corrected chi connectivity index (χ3v) is 10.2. The van der Waals surface area contributed by atoms with Crippen molar-refractivity contribution in [3.05, 3.63) is 63.3 Å². The lowest BCUT2D eigenvalue weighted by Gasteiger charge is -2.39. The molecule has 2 aromatic rings. The van der Waals surface area contributed by atoms with E-state index in [1.807, 2.05) is 4.90 Å². The maximum atomic E-state index is 14.4. The van der Waals surface area contributed by atoms with E-state index in [2.05, 4.69) is 5.32 Å². The van der Waals surface area contributed by atoms with Gasteiger partial charge in [-0.25, -0.2) is 0 Å². The summed E-state index contributed by atoms with van der Waals surface area (Å²) in [6.07, 6.45) is -0.0899. The van der Waals surface area contributed by atoms with E-state index in [1.54, 1.807) is 42.7 Å². The molecule has 9 nitrogen and oxygen atoms in total. The van der Waals surface area contributed by atoms with Gasteiger partial charge in [-0.05, 0) is 75.8 Å². The molecule has 266 valence electrons. The molecule has 3 aliphatic rings. The molecule has 4 N–H and O–H groups in total. The predicted octanol–water partition coefficient (Wildman–Crippen LogP) is 6.52. The molecule has 0 bridgehead atoms. The van der Waals surface area contributed by atoms with E-state index < -0.39 is 29.3 Å². The van der Waals surface area contributed by atoms with Crippen LogP contribution in [-0.2, 0) is 15.8 Å². The largest absolute Gasteiger partial charge is 0.476 e. The highest BCUT2D eigenvalue weighted by Gasteiger charge is 2.44. The van der Waals surface area contributed by atoms with Crippen LogP contribution < -0.4 is 20.7 Å². The highest BCUT2D eigenvalue weighted by Crippen LogP contribution is 2.45. The Bertz CT molecular complexity index is 1610. The molecular weight excluding hydrogens is 680 g/mol. The standard InChI is InChI=1S/C35H43Cl2F3N6O3/c1-21(26-9-6-22(24(18-41)19-42)17-27(26)35(38,39)40)46(25-7-8-25)32(47)23-5-4-14-45(20-23)31-28(36)10-11-29(30(31)37)49-34(2,3)33(48)44-15-12-43-13-16-44/h6,9-11,17-19,21,23,25,41,43H,4-5,7-8,12-16,20,42H2,1-3H3/b24-19+,41-18?/t21?,23-/m1/s1. The summed E-state index contributed by atoms with van der Waals surface area (Å²) in [5.74, 6) is -0.609. The zero-order valence-corrected chi connectivity index (χ0v) is 29.4. The second kappa shape index (κ2) is 14.8. The molecule has 3 fully saturated rings. The van der Waals surface area contributed by atoms with Gasteiger partial charge < -0.3 is 35.9 Å². The average Bonchev–Trinajstić information content (AvgIpc) is 3.91. The SMILES string of the molecule is CC(c1ccc(/C(C=N)=C/N)cc1C(F)(F)F)N(C(=O)[C@@H]1CCCN(c2c(Cl)ccc(OC(C)(C)C(=O)N3CCNCC3)c2Cl)C1)C1CC1. The molecule has 2 amide bonds. The number of nitrogens with zero attached hydrogens (tertiary/aromatic N) is 3. The van der Waals surface area contributed by atoms with E-state index in [1.165, 1.54) is 12.1 Å². The van der Waals surface area contributed by atoms with E-state index in [-0.39, 0.29) is 51.9 Å². The van der Waals surface area contributed by atoms with Gasteiger partial charge in [0, 0.05) is 63.3 Å². The minimum absolute atomic E-state index is 0.0144. The van der Waals surface area contributed by atoms with Gasteiger partial charge in [-0.2, -0.15) is 13.2 Å². The number of ether oxygens (including phenoxy) is 1. The molecule has 14 heteroatoms. The minimum Gasteiger partial charge on any atom is -0.476 e. The van der Waals surface area contributed by atoms with Crippen LogP contribution in [0.2, 0.25) is 10.0 Å². The maximum absolute atomic E-state index is 14.4. The summed E-state index contributed by atoms with van der Waals surface area (Å²) in [5.41, 5.74) is 4.27. The van der Waals surface area contributed by atoms with Gasteiger partial charge in [0.2, 0.25) is 5.91 Å². The maximum Gasteiger partial charge on any atom is 0.416 e. The molecule has 2 aromatic carbocycles. The molecule has 1 unspecified atom stereocenters. The number of hydrogen-bond acceptors (Lipinski definition) is 7. The van der Waals surface area contributed by atoms with Crippen molar-refractivity contribution in [2.75, 3.05) is 44.2 Å². The van der Waals surface area contributed by atoms with E-state index >= 15 is 0 Å². The Morgan fingerprint density at radius 3 is 2.41 bits per heavy atom. The summed E-state index contributed by atoms with van der Waals surface area (Å²) < 4.78 is 49.4. The van der Waals surface area contributed by atoms with Crippen LogP contribution in [0.5, 0.6) is 5.75 Å². The number of hydrogen-bond donors (Lipinski definition) is 3. The van der Waals surface area contributed by atoms with E-state index in [4.69, 9.17) is 39.1 Å². The van der Waals surface area contributed by atoms with Crippen molar-refractivity contribution < 1.29 is 27.5 Å². The molecule has 0 aromatic heterocycles. The zero-order chi connectivity index (χ0) is 35.7. The normalized spacial score (nSPS) is 19.8. The molecule has 2 atom stereocenters. The number of anilines is 1. The number of benzene rings is 2. The summed E-state index contributed by atoms with van der Waals surface area (Å²) >= 11 is 13.6. The van der Waals surface area contributed by atoms with Crippen LogP contribution in [0, 0.1) is 11.3 Å². The summed E-state index contributed by atoms with van der Waals surface area (Å²) in [7, 11) is 0. The highest BCUT2D eigenvalue weighted by atomic mass is 35.5. The predicted molar refractivity (Wildman–Crippen MR) is 186 cm³/mol. The Hall–Kier alpha value is -3.48. The molecule has 5 rings (SSSR count). The van der Waals surface area contributed by atoms with Crippen LogP contribution in [0.1, 0.15) is 69.2 Å². The van der Waals surface area contributed by atoms with Gasteiger partial charge in [0.25, 0.3) is 5.91 Å². The van der Waals surface area contributed by atoms with Crippen molar-refractivity contribution >= 4 is 52.5 Å². The summed E-state index contributed by atoms with van der Waals surface area (Å²) in [6, 6.07) is 6.13. The van der Waals surface area contributed by atoms with Gasteiger partial charge in [0.05, 0.1) is 28.2 Å². The first-order valence-corrected chi connectivity index (χ1v) is 17.3. The van der Waals surface area contributed by atoms with Crippen molar-refractivity contribution in [3.63, 3.8) is 0 Å². The number of allylic oxidation sites excluding steroid dienone is 1. The van der Waals surface area contributed by atoms with Crippen LogP contribution in [0.25, 0.3) is 5.57 Å². The van der Waals surface area contributed by atoms with Crippen molar-refractivity contribution in [1.82, 2.24) is 15.1 Å². The smallest absolute Gasteiger partial charge is 0.416 e. The minimum atomic E-state index is -4.69. The number of rotatable bonds is 10. The molecule has 1 saturated carbocycles. The van der Waals surface area contributed by atoms with Gasteiger partial charge >= 0.3 is 6.18 Å². The number of carbonyl (C=O) groups excluding carboxylic acids is 2. The Morgan fingerprint density at radius 2 is 1.80 bits per heavy atom. The zero-order valence-electron chi connectivity index (χ0n) is 27.9. The van der Waals surface area contributed by atoms with Gasteiger partial charge in [-0.1, -0.05) is 35.3 Å². The third kappa shape index (κ3) is 7.97. The fraction of sp³-hybridized carbons (Fsp3) is 0.514. The second-order valence-electron chi connectivity index (χ2n) is 13.4. The monoisotopic (exact) mass is 722 g/mol. The topological polar surface area (TPSA) is 115 Å². The first-order valence-electron chi connectivity index (χ1n) is 16.6. The fourth-order valence-corrected chi connectivity index (χ4v) is 7.46. The van der Waals surface area contributed by atoms with Gasteiger partial charge in [-0.3, -0.25) is 9.59 Å². The van der Waals surface area contributed by atoms with E-state index in [0.29, 0.717) is 69.1 Å². The van der Waals surface area contributed by atoms with Crippen molar-refractivity contribution in [2.24, 2.45) is 11.7 Å². The average molecular weight is 724 g/mol. The second-order valence-corrected chi connectivity index (χ2v) is 14.2. The number of nitrogens with two attached hydrogens (primary N) is 1. The first kappa shape index (κ1) is 36.8. The summed E-state index contributed by atoms with van der Waals surface area (Å²) in [5, 5.41) is 11.3. The first-order chi connectivity index (χ1) is 23.2. The van der Waals surface area contributed by atoms with Crippen molar-refractivity contribution in [3.8, 4) is 5.75 Å². The summed E-state index contributed by atoms with van der Waals surface area (Å²) in [4.78, 5) is 32.9. The molecule has 2 saturated heterocycles. The van der Waals surface area contributed by atoms with E-state index in [0.717, 1.165) is 18.5 Å². The molecule has 0 spiro atoms. The highest BCUT2D eigenvalue weighted by molar-refractivity contribution is 6.40. The van der Waals surface area contributed by atoms with Crippen LogP contribution in [0.15, 0.2) is 36.5 Å². The quantitative estimate of drug-likeness (QED) is 0.241. The van der Waals surface area contributed by atoms with Crippen LogP contribution >= 0.6 is 23.2 Å². The number of nitrogens with one attached hydrogen (secondary N) is 2. The van der Waals surface area contributed by atoms with Gasteiger partial charge in [0.1, 0.15) is 10.8 Å². The van der Waals surface area contributed by atoms with Crippen molar-refractivity contribution in [1.29, 1.82) is 5.41 Å². The Labute approximate surface area is 295 Å². The fourth-order valence-electron chi connectivity index (χ4n) is 6.81. The Balaban J connectivity index is 1.39. The molecule has 1 aliphatic carbocycles. The number of alkyl halides is 3. The van der Waals surface area contributed by atoms with Crippen LogP contribution in [-0.4, -0.2) is 78.7 Å². The number of piperidine rings is 1. The van der Waals surface area contributed by atoms with Gasteiger partial charge in [0.15, 0.2) is 5.60 Å². The molecule has 2 aliphatic heterocycles. The lowest BCUT2D eigenvalue weighted by molar-refractivity contribution is -0.146. The van der Waals surface area contributed by atoms with Crippen molar-refractivity contribution in [2.45, 2.75) is 70.3 Å². The molecule has 49 heavy (non-hydrogen) atoms. The molecular formula is C35H43Cl2F3N6O3. The van der Waals surface area contributed by atoms with E-state index in [9.17, 15) is 22.8 Å². The summed E-state index contributed by atoms with van der Waals surface area (Å²) in [6.45, 7) is 8.40. The van der Waals surface area contributed by atoms with Gasteiger partial charge in [-0.15, -0.1) is 0 Å². The number of carbonyl (C=O) groups is 2. The third-order valence-electron chi connectivity index (χ3n) is 9.49. The lowest BCUT2D eigenvalue weighted by Crippen LogP contribution is -2.54. The Kier molecular flexibility index (Phi) is 11.1. The number of halogens is 5. The number of amides is 2. The van der Waals surface area contributed by atoms with Crippen LogP contribution in [0.4, 0.5) is 18.9 Å². The van der Waals surface area contributed by atoms with Crippen LogP contribution in [0.3, 0.4) is 0 Å². The number of piperazine rings is 1. The molecule has 2 heterocycles. The Morgan fingerprint density at radius 1 is 1.10 bits per heavy atom. The molecule has 0 radical (unpaired) electrons.